The molecule has 1 N–H and O–H groups in total. The van der Waals surface area contributed by atoms with Crippen LogP contribution < -0.4 is 0 Å². The number of hydrogen-bond acceptors (Lipinski definition) is 1. The molecule has 0 spiro atoms. The minimum atomic E-state index is -2.69. The topological polar surface area (TPSA) is 20.2 Å². The zero-order chi connectivity index (χ0) is 9.40. The number of aliphatic hydroxyl groups excluding tert-OH is 1. The molecule has 0 heterocycles. The van der Waals surface area contributed by atoms with Gasteiger partial charge in [0.2, 0.25) is 0 Å². The predicted octanol–water partition coefficient (Wildman–Crippen LogP) is 3.27. The second kappa shape index (κ2) is 6.27. The molecule has 1 aromatic rings. The SMILES string of the molecule is OC(F)=C(F)F.c1ccccc1. The fraction of sp³-hybridized carbons (Fsp3) is 0. The van der Waals surface area contributed by atoms with Crippen molar-refractivity contribution >= 4 is 0 Å². The van der Waals surface area contributed by atoms with Crippen molar-refractivity contribution in [2.75, 3.05) is 0 Å². The highest BCUT2D eigenvalue weighted by Gasteiger charge is 1.96. The summed E-state index contributed by atoms with van der Waals surface area (Å²) in [6, 6.07) is 9.59. The first-order chi connectivity index (χ1) is 5.64. The second-order valence-electron chi connectivity index (χ2n) is 1.71. The highest BCUT2D eigenvalue weighted by atomic mass is 19.3. The van der Waals surface area contributed by atoms with Gasteiger partial charge in [-0.2, -0.15) is 13.2 Å². The van der Waals surface area contributed by atoms with E-state index in [9.17, 15) is 13.2 Å². The molecule has 0 unspecified atom stereocenters. The van der Waals surface area contributed by atoms with Crippen LogP contribution in [0.3, 0.4) is 0 Å². The van der Waals surface area contributed by atoms with Crippen LogP contribution in [0.1, 0.15) is 0 Å². The van der Waals surface area contributed by atoms with Crippen LogP contribution in [0.4, 0.5) is 13.2 Å². The van der Waals surface area contributed by atoms with Gasteiger partial charge in [-0.25, -0.2) is 0 Å². The van der Waals surface area contributed by atoms with E-state index in [4.69, 9.17) is 5.11 Å². The normalized spacial score (nSPS) is 7.92. The van der Waals surface area contributed by atoms with Gasteiger partial charge in [-0.1, -0.05) is 36.4 Å². The first-order valence-electron chi connectivity index (χ1n) is 3.04. The van der Waals surface area contributed by atoms with Gasteiger partial charge in [0, 0.05) is 0 Å². The van der Waals surface area contributed by atoms with Crippen molar-refractivity contribution in [3.05, 3.63) is 48.5 Å². The van der Waals surface area contributed by atoms with Crippen molar-refractivity contribution in [1.82, 2.24) is 0 Å². The summed E-state index contributed by atoms with van der Waals surface area (Å²) < 4.78 is 31.3. The number of benzene rings is 1. The lowest BCUT2D eigenvalue weighted by Gasteiger charge is -1.73. The zero-order valence-electron chi connectivity index (χ0n) is 6.05. The molecule has 0 aliphatic rings. The molecular formula is C8H7F3O. The maximum absolute atomic E-state index is 10.5. The molecule has 0 aromatic heterocycles. The van der Waals surface area contributed by atoms with Crippen LogP contribution in [-0.4, -0.2) is 5.11 Å². The van der Waals surface area contributed by atoms with Gasteiger partial charge in [-0.3, -0.25) is 0 Å². The summed E-state index contributed by atoms with van der Waals surface area (Å²) in [4.78, 5) is 0. The summed E-state index contributed by atoms with van der Waals surface area (Å²) >= 11 is 0. The molecule has 0 aliphatic heterocycles. The molecule has 0 saturated carbocycles. The van der Waals surface area contributed by atoms with Gasteiger partial charge >= 0.3 is 12.1 Å². The fourth-order valence-electron chi connectivity index (χ4n) is 0.385. The average molecular weight is 176 g/mol. The van der Waals surface area contributed by atoms with Crippen LogP contribution in [0.5, 0.6) is 0 Å². The molecule has 0 bridgehead atoms. The fourth-order valence-corrected chi connectivity index (χ4v) is 0.385. The minimum absolute atomic E-state index is 2.00. The Morgan fingerprint density at radius 2 is 0.917 bits per heavy atom. The van der Waals surface area contributed by atoms with Crippen molar-refractivity contribution in [3.63, 3.8) is 0 Å². The van der Waals surface area contributed by atoms with Crippen molar-refractivity contribution in [2.24, 2.45) is 0 Å². The largest absolute Gasteiger partial charge is 0.483 e. The third-order valence-corrected chi connectivity index (χ3v) is 0.823. The molecule has 66 valence electrons. The molecular weight excluding hydrogens is 169 g/mol. The van der Waals surface area contributed by atoms with Crippen LogP contribution in [-0.2, 0) is 0 Å². The summed E-state index contributed by atoms with van der Waals surface area (Å²) in [5.74, 6) is 0. The predicted molar refractivity (Wildman–Crippen MR) is 39.4 cm³/mol. The van der Waals surface area contributed by atoms with Gasteiger partial charge in [0.15, 0.2) is 0 Å². The average Bonchev–Trinajstić information content (AvgIpc) is 2.08. The quantitative estimate of drug-likeness (QED) is 0.601. The first-order valence-corrected chi connectivity index (χ1v) is 3.04. The smallest absolute Gasteiger partial charge is 0.341 e. The highest BCUT2D eigenvalue weighted by Crippen LogP contribution is 2.02. The van der Waals surface area contributed by atoms with E-state index in [1.54, 1.807) is 0 Å². The van der Waals surface area contributed by atoms with E-state index >= 15 is 0 Å². The number of aliphatic hydroxyl groups is 1. The van der Waals surface area contributed by atoms with E-state index in [-0.39, 0.29) is 0 Å². The van der Waals surface area contributed by atoms with Gasteiger partial charge in [0.05, 0.1) is 0 Å². The Kier molecular flexibility index (Phi) is 5.51. The zero-order valence-corrected chi connectivity index (χ0v) is 6.05. The van der Waals surface area contributed by atoms with Crippen LogP contribution in [0.2, 0.25) is 0 Å². The van der Waals surface area contributed by atoms with Crippen LogP contribution >= 0.6 is 0 Å². The number of halogens is 3. The van der Waals surface area contributed by atoms with Crippen LogP contribution in [0.15, 0.2) is 48.5 Å². The summed E-state index contributed by atoms with van der Waals surface area (Å²) in [5.41, 5.74) is 0. The van der Waals surface area contributed by atoms with E-state index in [1.165, 1.54) is 0 Å². The van der Waals surface area contributed by atoms with E-state index in [0.29, 0.717) is 0 Å². The van der Waals surface area contributed by atoms with Crippen molar-refractivity contribution < 1.29 is 18.3 Å². The highest BCUT2D eigenvalue weighted by molar-refractivity contribution is 4.99. The summed E-state index contributed by atoms with van der Waals surface area (Å²) in [6.45, 7) is 0. The second-order valence-corrected chi connectivity index (χ2v) is 1.71. The third-order valence-electron chi connectivity index (χ3n) is 0.823. The van der Waals surface area contributed by atoms with Crippen molar-refractivity contribution in [3.8, 4) is 0 Å². The molecule has 1 aromatic carbocycles. The minimum Gasteiger partial charge on any atom is -0.483 e. The Morgan fingerprint density at radius 1 is 0.750 bits per heavy atom. The molecule has 1 rings (SSSR count). The molecule has 12 heavy (non-hydrogen) atoms. The Hall–Kier alpha value is -1.45. The standard InChI is InChI=1S/C6H6.C2HF3O/c1-2-4-6-5-3-1;3-1(4)2(5)6/h1-6H;6H. The van der Waals surface area contributed by atoms with Gasteiger partial charge in [-0.15, -0.1) is 0 Å². The van der Waals surface area contributed by atoms with Crippen LogP contribution in [0.25, 0.3) is 0 Å². The summed E-state index contributed by atoms with van der Waals surface area (Å²) in [7, 11) is 0. The monoisotopic (exact) mass is 176 g/mol. The first kappa shape index (κ1) is 10.6. The molecule has 0 aliphatic carbocycles. The molecule has 0 atom stereocenters. The van der Waals surface area contributed by atoms with Gasteiger partial charge in [0.1, 0.15) is 0 Å². The lowest BCUT2D eigenvalue weighted by Crippen LogP contribution is -1.65. The Balaban J connectivity index is 0.000000202. The van der Waals surface area contributed by atoms with Gasteiger partial charge < -0.3 is 5.11 Å². The molecule has 0 fully saturated rings. The molecule has 0 radical (unpaired) electrons. The molecule has 0 saturated heterocycles. The lowest BCUT2D eigenvalue weighted by molar-refractivity contribution is 0.225. The molecule has 0 amide bonds. The summed E-state index contributed by atoms with van der Waals surface area (Å²) in [6.07, 6.45) is -2.69. The van der Waals surface area contributed by atoms with E-state index in [1.807, 2.05) is 36.4 Å². The number of hydrogen-bond donors (Lipinski definition) is 1. The maximum atomic E-state index is 10.5. The molecule has 1 nitrogen and oxygen atoms in total. The van der Waals surface area contributed by atoms with Gasteiger partial charge in [-0.05, 0) is 0 Å². The van der Waals surface area contributed by atoms with E-state index < -0.39 is 12.1 Å². The lowest BCUT2D eigenvalue weighted by atomic mass is 10.4. The Morgan fingerprint density at radius 3 is 1.00 bits per heavy atom. The van der Waals surface area contributed by atoms with Gasteiger partial charge in [0.25, 0.3) is 0 Å². The molecule has 4 heteroatoms. The summed E-state index contributed by atoms with van der Waals surface area (Å²) in [5, 5.41) is 7.09. The van der Waals surface area contributed by atoms with Crippen LogP contribution in [0, 0.1) is 0 Å². The van der Waals surface area contributed by atoms with E-state index in [2.05, 4.69) is 0 Å². The Labute approximate surface area is 67.8 Å². The number of rotatable bonds is 0. The van der Waals surface area contributed by atoms with E-state index in [0.717, 1.165) is 0 Å². The maximum Gasteiger partial charge on any atom is 0.341 e. The van der Waals surface area contributed by atoms with Crippen molar-refractivity contribution in [1.29, 1.82) is 0 Å². The van der Waals surface area contributed by atoms with Crippen molar-refractivity contribution in [2.45, 2.75) is 0 Å². The third kappa shape index (κ3) is 6.67. The Bertz CT molecular complexity index is 189.